The summed E-state index contributed by atoms with van der Waals surface area (Å²) in [5.41, 5.74) is 2.03. The van der Waals surface area contributed by atoms with Gasteiger partial charge in [-0.3, -0.25) is 4.79 Å². The first-order valence-electron chi connectivity index (χ1n) is 8.64. The van der Waals surface area contributed by atoms with Crippen LogP contribution in [0, 0.1) is 17.8 Å². The molecule has 3 atom stereocenters. The van der Waals surface area contributed by atoms with Gasteiger partial charge in [0.1, 0.15) is 0 Å². The maximum atomic E-state index is 12.8. The van der Waals surface area contributed by atoms with E-state index in [0.717, 1.165) is 54.5 Å². The van der Waals surface area contributed by atoms with E-state index < -0.39 is 0 Å². The van der Waals surface area contributed by atoms with Gasteiger partial charge in [-0.2, -0.15) is 0 Å². The van der Waals surface area contributed by atoms with E-state index in [9.17, 15) is 4.79 Å². The maximum absolute atomic E-state index is 12.8. The topological polar surface area (TPSA) is 41.6 Å². The number of nitrogens with zero attached hydrogens (tertiary/aromatic N) is 1. The summed E-state index contributed by atoms with van der Waals surface area (Å²) < 4.78 is 6.44. The third-order valence-corrected chi connectivity index (χ3v) is 6.14. The maximum Gasteiger partial charge on any atom is 0.227 e. The molecule has 2 saturated carbocycles. The average Bonchev–Trinajstić information content (AvgIpc) is 3.19. The van der Waals surface area contributed by atoms with E-state index in [4.69, 9.17) is 4.74 Å². The smallest absolute Gasteiger partial charge is 0.227 e. The van der Waals surface area contributed by atoms with E-state index >= 15 is 0 Å². The number of anilines is 2. The Morgan fingerprint density at radius 2 is 2.04 bits per heavy atom. The molecule has 0 unspecified atom stereocenters. The molecule has 124 valence electrons. The van der Waals surface area contributed by atoms with Crippen LogP contribution in [-0.2, 0) is 9.53 Å². The molecule has 2 aliphatic carbocycles. The van der Waals surface area contributed by atoms with Crippen LogP contribution in [0.2, 0.25) is 0 Å². The van der Waals surface area contributed by atoms with Crippen molar-refractivity contribution in [2.45, 2.75) is 25.7 Å². The van der Waals surface area contributed by atoms with Gasteiger partial charge in [-0.1, -0.05) is 22.4 Å². The zero-order valence-electron chi connectivity index (χ0n) is 13.3. The first kappa shape index (κ1) is 15.5. The van der Waals surface area contributed by atoms with Crippen molar-refractivity contribution in [2.75, 3.05) is 36.5 Å². The molecule has 0 spiro atoms. The van der Waals surface area contributed by atoms with Crippen molar-refractivity contribution >= 4 is 33.2 Å². The van der Waals surface area contributed by atoms with Crippen LogP contribution in [0.15, 0.2) is 22.7 Å². The predicted octanol–water partition coefficient (Wildman–Crippen LogP) is 3.66. The molecule has 2 bridgehead atoms. The lowest BCUT2D eigenvalue weighted by Gasteiger charge is -2.31. The minimum atomic E-state index is 0.213. The van der Waals surface area contributed by atoms with Gasteiger partial charge in [-0.25, -0.2) is 0 Å². The number of carbonyl (C=O) groups excluding carboxylic acids is 1. The second-order valence-electron chi connectivity index (χ2n) is 7.03. The predicted molar refractivity (Wildman–Crippen MR) is 94.7 cm³/mol. The summed E-state index contributed by atoms with van der Waals surface area (Å²) in [7, 11) is 0. The summed E-state index contributed by atoms with van der Waals surface area (Å²) in [6.45, 7) is 3.24. The van der Waals surface area contributed by atoms with Crippen molar-refractivity contribution in [3.05, 3.63) is 22.7 Å². The van der Waals surface area contributed by atoms with Gasteiger partial charge in [-0.05, 0) is 49.3 Å². The Morgan fingerprint density at radius 3 is 2.74 bits per heavy atom. The number of rotatable bonds is 3. The van der Waals surface area contributed by atoms with Gasteiger partial charge in [0.15, 0.2) is 0 Å². The fourth-order valence-electron chi connectivity index (χ4n) is 4.48. The van der Waals surface area contributed by atoms with Gasteiger partial charge in [0.25, 0.3) is 0 Å². The van der Waals surface area contributed by atoms with Crippen molar-refractivity contribution < 1.29 is 9.53 Å². The Kier molecular flexibility index (Phi) is 4.33. The quantitative estimate of drug-likeness (QED) is 0.872. The number of nitrogens with one attached hydrogen (secondary N) is 1. The van der Waals surface area contributed by atoms with Crippen molar-refractivity contribution in [2.24, 2.45) is 17.8 Å². The number of hydrogen-bond acceptors (Lipinski definition) is 3. The van der Waals surface area contributed by atoms with Crippen LogP contribution >= 0.6 is 15.9 Å². The van der Waals surface area contributed by atoms with Crippen LogP contribution in [-0.4, -0.2) is 32.2 Å². The number of morpholine rings is 1. The highest BCUT2D eigenvalue weighted by Crippen LogP contribution is 2.48. The normalized spacial score (nSPS) is 29.8. The van der Waals surface area contributed by atoms with E-state index in [1.54, 1.807) is 0 Å². The largest absolute Gasteiger partial charge is 0.378 e. The van der Waals surface area contributed by atoms with Crippen molar-refractivity contribution in [3.63, 3.8) is 0 Å². The summed E-state index contributed by atoms with van der Waals surface area (Å²) in [5, 5.41) is 3.22. The van der Waals surface area contributed by atoms with Gasteiger partial charge in [0, 0.05) is 23.5 Å². The van der Waals surface area contributed by atoms with Crippen LogP contribution in [0.3, 0.4) is 0 Å². The summed E-state index contributed by atoms with van der Waals surface area (Å²) in [6, 6.07) is 6.15. The van der Waals surface area contributed by atoms with Gasteiger partial charge < -0.3 is 15.0 Å². The number of fused-ring (bicyclic) bond motifs is 2. The van der Waals surface area contributed by atoms with E-state index in [0.29, 0.717) is 5.92 Å². The number of amides is 1. The van der Waals surface area contributed by atoms with E-state index in [2.05, 4.69) is 32.2 Å². The van der Waals surface area contributed by atoms with Gasteiger partial charge in [0.2, 0.25) is 5.91 Å². The number of carbonyl (C=O) groups is 1. The summed E-state index contributed by atoms with van der Waals surface area (Å²) >= 11 is 3.53. The Bertz CT molecular complexity index is 601. The second kappa shape index (κ2) is 6.44. The molecule has 1 heterocycles. The molecule has 23 heavy (non-hydrogen) atoms. The number of hydrogen-bond donors (Lipinski definition) is 1. The molecule has 5 heteroatoms. The lowest BCUT2D eigenvalue weighted by molar-refractivity contribution is -0.121. The summed E-state index contributed by atoms with van der Waals surface area (Å²) in [4.78, 5) is 15.1. The Morgan fingerprint density at radius 1 is 1.22 bits per heavy atom. The van der Waals surface area contributed by atoms with Crippen LogP contribution in [0.5, 0.6) is 0 Å². The average molecular weight is 379 g/mol. The first-order chi connectivity index (χ1) is 11.2. The minimum Gasteiger partial charge on any atom is -0.378 e. The highest BCUT2D eigenvalue weighted by molar-refractivity contribution is 9.10. The molecule has 1 aromatic carbocycles. The Balaban J connectivity index is 1.53. The van der Waals surface area contributed by atoms with Crippen LogP contribution in [0.25, 0.3) is 0 Å². The van der Waals surface area contributed by atoms with Crippen LogP contribution in [0.1, 0.15) is 25.7 Å². The molecule has 1 amide bonds. The zero-order chi connectivity index (χ0) is 15.8. The lowest BCUT2D eigenvalue weighted by atomic mass is 9.88. The Hall–Kier alpha value is -1.07. The van der Waals surface area contributed by atoms with Crippen molar-refractivity contribution in [1.82, 2.24) is 0 Å². The van der Waals surface area contributed by atoms with Gasteiger partial charge >= 0.3 is 0 Å². The molecule has 1 saturated heterocycles. The fraction of sp³-hybridized carbons (Fsp3) is 0.611. The van der Waals surface area contributed by atoms with E-state index in [1.807, 2.05) is 12.1 Å². The lowest BCUT2D eigenvalue weighted by Crippen LogP contribution is -2.37. The molecule has 3 fully saturated rings. The molecule has 3 aliphatic rings. The van der Waals surface area contributed by atoms with E-state index in [-0.39, 0.29) is 11.8 Å². The molecule has 4 rings (SSSR count). The summed E-state index contributed by atoms with van der Waals surface area (Å²) in [6.07, 6.45) is 4.90. The molecule has 0 aromatic heterocycles. The summed E-state index contributed by atoms with van der Waals surface area (Å²) in [5.74, 6) is 1.83. The number of ether oxygens (including phenoxy) is 1. The van der Waals surface area contributed by atoms with Gasteiger partial charge in [0.05, 0.1) is 24.6 Å². The molecule has 1 aliphatic heterocycles. The van der Waals surface area contributed by atoms with Crippen molar-refractivity contribution in [3.8, 4) is 0 Å². The van der Waals surface area contributed by atoms with Crippen LogP contribution in [0.4, 0.5) is 11.4 Å². The molecule has 1 aromatic rings. The van der Waals surface area contributed by atoms with E-state index in [1.165, 1.54) is 19.3 Å². The van der Waals surface area contributed by atoms with Gasteiger partial charge in [-0.15, -0.1) is 0 Å². The SMILES string of the molecule is O=C(Nc1cc(Br)ccc1N1CCOCC1)[C@H]1C[C@H]2CC[C@@H]1C2. The second-order valence-corrected chi connectivity index (χ2v) is 7.95. The monoisotopic (exact) mass is 378 g/mol. The Labute approximate surface area is 145 Å². The third-order valence-electron chi connectivity index (χ3n) is 5.64. The van der Waals surface area contributed by atoms with Crippen LogP contribution < -0.4 is 10.2 Å². The number of benzene rings is 1. The standard InChI is InChI=1S/C18H23BrN2O2/c19-14-3-4-17(21-5-7-23-8-6-21)16(11-14)20-18(22)15-10-12-1-2-13(15)9-12/h3-4,11-13,15H,1-2,5-10H2,(H,20,22)/t12-,13+,15-/m0/s1. The molecule has 1 N–H and O–H groups in total. The van der Waals surface area contributed by atoms with Crippen molar-refractivity contribution in [1.29, 1.82) is 0 Å². The molecule has 4 nitrogen and oxygen atoms in total. The highest BCUT2D eigenvalue weighted by Gasteiger charge is 2.43. The minimum absolute atomic E-state index is 0.213. The molecular formula is C18H23BrN2O2. The molecule has 0 radical (unpaired) electrons. The highest BCUT2D eigenvalue weighted by atomic mass is 79.9. The fourth-order valence-corrected chi connectivity index (χ4v) is 4.84. The zero-order valence-corrected chi connectivity index (χ0v) is 14.8. The third kappa shape index (κ3) is 3.13. The number of halogens is 1. The molecular weight excluding hydrogens is 356 g/mol. The first-order valence-corrected chi connectivity index (χ1v) is 9.43.